The van der Waals surface area contributed by atoms with Crippen molar-refractivity contribution in [3.05, 3.63) is 46.4 Å². The summed E-state index contributed by atoms with van der Waals surface area (Å²) in [6, 6.07) is 2.69. The molecular formula is C12H7ClF5N3. The molecule has 0 saturated carbocycles. The second-order valence-electron chi connectivity index (χ2n) is 4.10. The van der Waals surface area contributed by atoms with Crippen LogP contribution in [0.25, 0.3) is 0 Å². The summed E-state index contributed by atoms with van der Waals surface area (Å²) in [4.78, 5) is 6.19. The Labute approximate surface area is 120 Å². The lowest BCUT2D eigenvalue weighted by atomic mass is 10.2. The second kappa shape index (κ2) is 5.44. The number of anilines is 2. The minimum atomic E-state index is -4.81. The van der Waals surface area contributed by atoms with Crippen LogP contribution in [0, 0.1) is 18.6 Å². The monoisotopic (exact) mass is 323 g/mol. The van der Waals surface area contributed by atoms with Crippen molar-refractivity contribution in [3.8, 4) is 0 Å². The van der Waals surface area contributed by atoms with Gasteiger partial charge in [0, 0.05) is 12.1 Å². The third-order valence-electron chi connectivity index (χ3n) is 2.46. The Morgan fingerprint density at radius 2 is 1.71 bits per heavy atom. The van der Waals surface area contributed by atoms with Gasteiger partial charge in [0.1, 0.15) is 22.6 Å². The molecule has 21 heavy (non-hydrogen) atoms. The zero-order valence-corrected chi connectivity index (χ0v) is 11.2. The molecule has 1 N–H and O–H groups in total. The maximum Gasteiger partial charge on any atom is 0.451 e. The van der Waals surface area contributed by atoms with Crippen molar-refractivity contribution < 1.29 is 22.0 Å². The first-order chi connectivity index (χ1) is 9.66. The smallest absolute Gasteiger partial charge is 0.338 e. The van der Waals surface area contributed by atoms with Crippen LogP contribution in [0.2, 0.25) is 5.15 Å². The van der Waals surface area contributed by atoms with E-state index in [1.807, 2.05) is 0 Å². The molecule has 0 fully saturated rings. The minimum Gasteiger partial charge on any atom is -0.338 e. The third kappa shape index (κ3) is 3.57. The fourth-order valence-corrected chi connectivity index (χ4v) is 1.67. The summed E-state index contributed by atoms with van der Waals surface area (Å²) in [5.41, 5.74) is -0.296. The summed E-state index contributed by atoms with van der Waals surface area (Å²) < 4.78 is 64.6. The summed E-state index contributed by atoms with van der Waals surface area (Å²) in [6.45, 7) is 1.35. The molecule has 9 heteroatoms. The molecule has 0 aliphatic heterocycles. The van der Waals surface area contributed by atoms with Crippen LogP contribution in [-0.4, -0.2) is 9.97 Å². The molecule has 0 spiro atoms. The molecule has 0 aliphatic rings. The number of aryl methyl sites for hydroxylation is 1. The van der Waals surface area contributed by atoms with Crippen molar-refractivity contribution in [1.82, 2.24) is 9.97 Å². The highest BCUT2D eigenvalue weighted by Gasteiger charge is 2.35. The molecule has 2 rings (SSSR count). The number of halogens is 6. The SMILES string of the molecule is Cc1cc(F)c(Nc2cc(Cl)nc(C(F)(F)F)n2)cc1F. The molecule has 0 radical (unpaired) electrons. The van der Waals surface area contributed by atoms with Gasteiger partial charge in [-0.25, -0.2) is 18.7 Å². The zero-order chi connectivity index (χ0) is 15.8. The Bertz CT molecular complexity index is 687. The van der Waals surface area contributed by atoms with Gasteiger partial charge in [-0.1, -0.05) is 11.6 Å². The molecule has 1 aromatic carbocycles. The van der Waals surface area contributed by atoms with Crippen molar-refractivity contribution in [1.29, 1.82) is 0 Å². The lowest BCUT2D eigenvalue weighted by Crippen LogP contribution is -2.12. The molecule has 3 nitrogen and oxygen atoms in total. The van der Waals surface area contributed by atoms with Gasteiger partial charge in [-0.15, -0.1) is 0 Å². The predicted molar refractivity (Wildman–Crippen MR) is 66.4 cm³/mol. The van der Waals surface area contributed by atoms with Crippen LogP contribution < -0.4 is 5.32 Å². The normalized spacial score (nSPS) is 11.6. The van der Waals surface area contributed by atoms with Gasteiger partial charge in [-0.3, -0.25) is 0 Å². The Morgan fingerprint density at radius 1 is 1.05 bits per heavy atom. The van der Waals surface area contributed by atoms with E-state index in [0.717, 1.165) is 18.2 Å². The van der Waals surface area contributed by atoms with Crippen LogP contribution in [0.15, 0.2) is 18.2 Å². The largest absolute Gasteiger partial charge is 0.451 e. The van der Waals surface area contributed by atoms with Crippen molar-refractivity contribution in [2.75, 3.05) is 5.32 Å². The van der Waals surface area contributed by atoms with Crippen molar-refractivity contribution in [2.45, 2.75) is 13.1 Å². The minimum absolute atomic E-state index is 0.0646. The van der Waals surface area contributed by atoms with Gasteiger partial charge in [-0.05, 0) is 18.6 Å². The standard InChI is InChI=1S/C12H7ClF5N3/c1-5-2-7(15)8(3-6(5)14)19-10-4-9(13)20-11(21-10)12(16,17)18/h2-4H,1H3,(H,19,20,21). The molecule has 0 atom stereocenters. The molecule has 2 aromatic rings. The van der Waals surface area contributed by atoms with Gasteiger partial charge < -0.3 is 5.32 Å². The van der Waals surface area contributed by atoms with E-state index in [1.165, 1.54) is 6.92 Å². The van der Waals surface area contributed by atoms with Crippen LogP contribution >= 0.6 is 11.6 Å². The molecule has 112 valence electrons. The number of alkyl halides is 3. The van der Waals surface area contributed by atoms with Gasteiger partial charge in [-0.2, -0.15) is 13.2 Å². The molecule has 0 saturated heterocycles. The van der Waals surface area contributed by atoms with E-state index in [9.17, 15) is 22.0 Å². The average Bonchev–Trinajstić information content (AvgIpc) is 2.34. The van der Waals surface area contributed by atoms with E-state index in [4.69, 9.17) is 11.6 Å². The van der Waals surface area contributed by atoms with Gasteiger partial charge in [0.2, 0.25) is 5.82 Å². The number of rotatable bonds is 2. The third-order valence-corrected chi connectivity index (χ3v) is 2.65. The molecule has 0 aliphatic carbocycles. The van der Waals surface area contributed by atoms with E-state index in [0.29, 0.717) is 0 Å². The summed E-state index contributed by atoms with van der Waals surface area (Å²) in [7, 11) is 0. The van der Waals surface area contributed by atoms with E-state index >= 15 is 0 Å². The Morgan fingerprint density at radius 3 is 2.33 bits per heavy atom. The summed E-state index contributed by atoms with van der Waals surface area (Å²) in [5, 5.41) is 1.76. The Kier molecular flexibility index (Phi) is 3.99. The van der Waals surface area contributed by atoms with Gasteiger partial charge >= 0.3 is 6.18 Å². The first-order valence-corrected chi connectivity index (χ1v) is 5.89. The highest BCUT2D eigenvalue weighted by molar-refractivity contribution is 6.29. The van der Waals surface area contributed by atoms with Gasteiger partial charge in [0.15, 0.2) is 0 Å². The Balaban J connectivity index is 2.40. The fourth-order valence-electron chi connectivity index (χ4n) is 1.49. The number of benzene rings is 1. The van der Waals surface area contributed by atoms with Crippen LogP contribution in [0.5, 0.6) is 0 Å². The van der Waals surface area contributed by atoms with Gasteiger partial charge in [0.25, 0.3) is 0 Å². The van der Waals surface area contributed by atoms with Crippen molar-refractivity contribution in [3.63, 3.8) is 0 Å². The predicted octanol–water partition coefficient (Wildman–Crippen LogP) is 4.48. The first-order valence-electron chi connectivity index (χ1n) is 5.51. The van der Waals surface area contributed by atoms with E-state index in [-0.39, 0.29) is 11.3 Å². The highest BCUT2D eigenvalue weighted by atomic mass is 35.5. The summed E-state index contributed by atoms with van der Waals surface area (Å²) in [5.74, 6) is -3.43. The lowest BCUT2D eigenvalue weighted by molar-refractivity contribution is -0.144. The molecule has 0 unspecified atom stereocenters. The number of hydrogen-bond donors (Lipinski definition) is 1. The van der Waals surface area contributed by atoms with Crippen LogP contribution in [0.1, 0.15) is 11.4 Å². The fraction of sp³-hybridized carbons (Fsp3) is 0.167. The van der Waals surface area contributed by atoms with E-state index in [1.54, 1.807) is 0 Å². The molecule has 0 bridgehead atoms. The number of nitrogens with one attached hydrogen (secondary N) is 1. The van der Waals surface area contributed by atoms with Crippen molar-refractivity contribution in [2.24, 2.45) is 0 Å². The maximum atomic E-state index is 13.6. The second-order valence-corrected chi connectivity index (χ2v) is 4.49. The average molecular weight is 324 g/mol. The van der Waals surface area contributed by atoms with Crippen LogP contribution in [0.3, 0.4) is 0 Å². The first kappa shape index (κ1) is 15.4. The molecule has 1 heterocycles. The van der Waals surface area contributed by atoms with E-state index < -0.39 is 34.6 Å². The molecule has 1 aromatic heterocycles. The number of aromatic nitrogens is 2. The van der Waals surface area contributed by atoms with Crippen LogP contribution in [0.4, 0.5) is 33.5 Å². The number of nitrogens with zero attached hydrogens (tertiary/aromatic N) is 2. The Hall–Kier alpha value is -1.96. The summed E-state index contributed by atoms with van der Waals surface area (Å²) >= 11 is 5.46. The van der Waals surface area contributed by atoms with E-state index in [2.05, 4.69) is 15.3 Å². The van der Waals surface area contributed by atoms with Gasteiger partial charge in [0.05, 0.1) is 5.69 Å². The van der Waals surface area contributed by atoms with Crippen molar-refractivity contribution >= 4 is 23.1 Å². The molecular weight excluding hydrogens is 317 g/mol. The van der Waals surface area contributed by atoms with Crippen LogP contribution in [-0.2, 0) is 6.18 Å². The molecule has 0 amide bonds. The topological polar surface area (TPSA) is 37.8 Å². The lowest BCUT2D eigenvalue weighted by Gasteiger charge is -2.11. The number of hydrogen-bond acceptors (Lipinski definition) is 3. The highest BCUT2D eigenvalue weighted by Crippen LogP contribution is 2.29. The summed E-state index contributed by atoms with van der Waals surface area (Å²) in [6.07, 6.45) is -4.81. The zero-order valence-electron chi connectivity index (χ0n) is 10.4. The maximum absolute atomic E-state index is 13.6. The quantitative estimate of drug-likeness (QED) is 0.654.